The van der Waals surface area contributed by atoms with Gasteiger partial charge in [0, 0.05) is 13.1 Å². The molecule has 0 aliphatic carbocycles. The summed E-state index contributed by atoms with van der Waals surface area (Å²) in [5, 5.41) is 6.91. The Morgan fingerprint density at radius 3 is 2.73 bits per heavy atom. The number of ether oxygens (including phenoxy) is 3. The summed E-state index contributed by atoms with van der Waals surface area (Å²) in [5.41, 5.74) is 1.23. The molecule has 0 amide bonds. The van der Waals surface area contributed by atoms with E-state index in [0.29, 0.717) is 18.2 Å². The van der Waals surface area contributed by atoms with Gasteiger partial charge >= 0.3 is 0 Å². The molecule has 3 unspecified atom stereocenters. The molecule has 2 aliphatic heterocycles. The second-order valence-electron chi connectivity index (χ2n) is 6.91. The molecule has 6 nitrogen and oxygen atoms in total. The van der Waals surface area contributed by atoms with Crippen LogP contribution in [0.3, 0.4) is 0 Å². The SMILES string of the molecule is CCNC(=NCCCc1ccc(OC)c(OC)c1)NC1CC2CCC1O2. The minimum absolute atomic E-state index is 0.357. The molecule has 2 bridgehead atoms. The lowest BCUT2D eigenvalue weighted by Crippen LogP contribution is -2.47. The highest BCUT2D eigenvalue weighted by Gasteiger charge is 2.41. The summed E-state index contributed by atoms with van der Waals surface area (Å²) in [7, 11) is 3.32. The van der Waals surface area contributed by atoms with Gasteiger partial charge in [-0.2, -0.15) is 0 Å². The van der Waals surface area contributed by atoms with E-state index in [9.17, 15) is 0 Å². The molecule has 2 saturated heterocycles. The normalized spacial score (nSPS) is 24.6. The van der Waals surface area contributed by atoms with Crippen molar-refractivity contribution >= 4 is 5.96 Å². The number of aliphatic imine (C=N–C) groups is 1. The number of hydrogen-bond acceptors (Lipinski definition) is 4. The quantitative estimate of drug-likeness (QED) is 0.423. The van der Waals surface area contributed by atoms with Crippen LogP contribution in [-0.2, 0) is 11.2 Å². The largest absolute Gasteiger partial charge is 0.493 e. The number of nitrogens with zero attached hydrogens (tertiary/aromatic N) is 1. The van der Waals surface area contributed by atoms with Crippen molar-refractivity contribution in [2.75, 3.05) is 27.3 Å². The van der Waals surface area contributed by atoms with Crippen LogP contribution >= 0.6 is 0 Å². The van der Waals surface area contributed by atoms with Crippen LogP contribution in [0.15, 0.2) is 23.2 Å². The van der Waals surface area contributed by atoms with Crippen LogP contribution in [0.25, 0.3) is 0 Å². The molecular weight excluding hydrogens is 330 g/mol. The van der Waals surface area contributed by atoms with E-state index in [4.69, 9.17) is 19.2 Å². The van der Waals surface area contributed by atoms with Gasteiger partial charge in [-0.3, -0.25) is 4.99 Å². The number of methoxy groups -OCH3 is 2. The van der Waals surface area contributed by atoms with Gasteiger partial charge in [0.15, 0.2) is 17.5 Å². The maximum absolute atomic E-state index is 5.92. The van der Waals surface area contributed by atoms with Crippen LogP contribution < -0.4 is 20.1 Å². The molecule has 26 heavy (non-hydrogen) atoms. The summed E-state index contributed by atoms with van der Waals surface area (Å²) in [6, 6.07) is 6.48. The van der Waals surface area contributed by atoms with Crippen LogP contribution in [0.4, 0.5) is 0 Å². The molecule has 0 spiro atoms. The zero-order valence-corrected chi connectivity index (χ0v) is 16.1. The molecule has 6 heteroatoms. The minimum atomic E-state index is 0.357. The van der Waals surface area contributed by atoms with Crippen LogP contribution in [0.5, 0.6) is 11.5 Å². The van der Waals surface area contributed by atoms with E-state index < -0.39 is 0 Å². The smallest absolute Gasteiger partial charge is 0.191 e. The molecule has 144 valence electrons. The fourth-order valence-corrected chi connectivity index (χ4v) is 3.80. The van der Waals surface area contributed by atoms with Gasteiger partial charge in [0.2, 0.25) is 0 Å². The minimum Gasteiger partial charge on any atom is -0.493 e. The van der Waals surface area contributed by atoms with Crippen molar-refractivity contribution in [2.45, 2.75) is 57.3 Å². The number of nitrogens with one attached hydrogen (secondary N) is 2. The third kappa shape index (κ3) is 4.61. The zero-order valence-electron chi connectivity index (χ0n) is 16.1. The van der Waals surface area contributed by atoms with E-state index in [1.165, 1.54) is 18.4 Å². The highest BCUT2D eigenvalue weighted by atomic mass is 16.5. The molecule has 0 aromatic heterocycles. The summed E-state index contributed by atoms with van der Waals surface area (Å²) in [6.07, 6.45) is 6.23. The van der Waals surface area contributed by atoms with Crippen LogP contribution in [0.2, 0.25) is 0 Å². The van der Waals surface area contributed by atoms with Crippen molar-refractivity contribution in [1.82, 2.24) is 10.6 Å². The van der Waals surface area contributed by atoms with Crippen molar-refractivity contribution in [2.24, 2.45) is 4.99 Å². The summed E-state index contributed by atoms with van der Waals surface area (Å²) in [5.74, 6) is 2.45. The Labute approximate surface area is 156 Å². The Balaban J connectivity index is 1.49. The number of aryl methyl sites for hydroxylation is 1. The monoisotopic (exact) mass is 361 g/mol. The summed E-state index contributed by atoms with van der Waals surface area (Å²) >= 11 is 0. The number of hydrogen-bond donors (Lipinski definition) is 2. The first kappa shape index (κ1) is 18.8. The highest BCUT2D eigenvalue weighted by Crippen LogP contribution is 2.34. The predicted molar refractivity (Wildman–Crippen MR) is 103 cm³/mol. The standard InChI is InChI=1S/C20H31N3O3/c1-4-21-20(23-16-13-15-8-10-17(16)26-15)22-11-5-6-14-7-9-18(24-2)19(12-14)25-3/h7,9,12,15-17H,4-6,8,10-11,13H2,1-3H3,(H2,21,22,23). The van der Waals surface area contributed by atoms with Crippen molar-refractivity contribution in [1.29, 1.82) is 0 Å². The number of fused-ring (bicyclic) bond motifs is 2. The third-order valence-corrected chi connectivity index (χ3v) is 5.11. The first-order chi connectivity index (χ1) is 12.7. The van der Waals surface area contributed by atoms with E-state index >= 15 is 0 Å². The molecule has 2 heterocycles. The molecule has 1 aromatic carbocycles. The fourth-order valence-electron chi connectivity index (χ4n) is 3.80. The summed E-state index contributed by atoms with van der Waals surface area (Å²) < 4.78 is 16.6. The van der Waals surface area contributed by atoms with E-state index in [1.54, 1.807) is 14.2 Å². The number of guanidine groups is 1. The molecule has 2 N–H and O–H groups in total. The lowest BCUT2D eigenvalue weighted by atomic mass is 9.96. The summed E-state index contributed by atoms with van der Waals surface area (Å²) in [6.45, 7) is 3.74. The van der Waals surface area contributed by atoms with E-state index in [2.05, 4.69) is 23.6 Å². The maximum Gasteiger partial charge on any atom is 0.191 e. The highest BCUT2D eigenvalue weighted by molar-refractivity contribution is 5.80. The Hall–Kier alpha value is -1.95. The Kier molecular flexibility index (Phi) is 6.61. The Morgan fingerprint density at radius 1 is 1.23 bits per heavy atom. The van der Waals surface area contributed by atoms with Gasteiger partial charge in [-0.25, -0.2) is 0 Å². The average molecular weight is 361 g/mol. The molecule has 1 aromatic rings. The molecule has 0 radical (unpaired) electrons. The molecule has 0 saturated carbocycles. The Morgan fingerprint density at radius 2 is 2.08 bits per heavy atom. The van der Waals surface area contributed by atoms with Crippen molar-refractivity contribution in [3.05, 3.63) is 23.8 Å². The van der Waals surface area contributed by atoms with E-state index in [1.807, 2.05) is 12.1 Å². The molecule has 3 rings (SSSR count). The summed E-state index contributed by atoms with van der Waals surface area (Å²) in [4.78, 5) is 4.73. The van der Waals surface area contributed by atoms with Crippen LogP contribution in [0, 0.1) is 0 Å². The predicted octanol–water partition coefficient (Wildman–Crippen LogP) is 2.51. The second-order valence-corrected chi connectivity index (χ2v) is 6.91. The molecule has 2 fully saturated rings. The topological polar surface area (TPSA) is 64.1 Å². The van der Waals surface area contributed by atoms with Gasteiger partial charge in [-0.1, -0.05) is 6.07 Å². The van der Waals surface area contributed by atoms with Crippen LogP contribution in [0.1, 0.15) is 38.2 Å². The second kappa shape index (κ2) is 9.12. The third-order valence-electron chi connectivity index (χ3n) is 5.11. The van der Waals surface area contributed by atoms with Crippen molar-refractivity contribution in [3.8, 4) is 11.5 Å². The van der Waals surface area contributed by atoms with Gasteiger partial charge < -0.3 is 24.8 Å². The number of benzene rings is 1. The van der Waals surface area contributed by atoms with Gasteiger partial charge in [-0.05, 0) is 56.7 Å². The lowest BCUT2D eigenvalue weighted by molar-refractivity contribution is 0.0992. The average Bonchev–Trinajstić information content (AvgIpc) is 3.28. The first-order valence-electron chi connectivity index (χ1n) is 9.64. The van der Waals surface area contributed by atoms with Gasteiger partial charge in [0.25, 0.3) is 0 Å². The van der Waals surface area contributed by atoms with Gasteiger partial charge in [0.1, 0.15) is 0 Å². The number of rotatable bonds is 8. The molecule has 3 atom stereocenters. The van der Waals surface area contributed by atoms with Crippen molar-refractivity contribution in [3.63, 3.8) is 0 Å². The van der Waals surface area contributed by atoms with Gasteiger partial charge in [-0.15, -0.1) is 0 Å². The van der Waals surface area contributed by atoms with Gasteiger partial charge in [0.05, 0.1) is 32.5 Å². The maximum atomic E-state index is 5.92. The molecule has 2 aliphatic rings. The van der Waals surface area contributed by atoms with Crippen LogP contribution in [-0.4, -0.2) is 51.5 Å². The lowest BCUT2D eigenvalue weighted by Gasteiger charge is -2.22. The Bertz CT molecular complexity index is 620. The van der Waals surface area contributed by atoms with E-state index in [-0.39, 0.29) is 0 Å². The zero-order chi connectivity index (χ0) is 18.4. The van der Waals surface area contributed by atoms with E-state index in [0.717, 1.165) is 49.8 Å². The van der Waals surface area contributed by atoms with Crippen molar-refractivity contribution < 1.29 is 14.2 Å². The fraction of sp³-hybridized carbons (Fsp3) is 0.650. The first-order valence-corrected chi connectivity index (χ1v) is 9.64. The molecular formula is C20H31N3O3.